The molecule has 3 aromatic carbocycles. The van der Waals surface area contributed by atoms with Crippen LogP contribution in [0.4, 0.5) is 10.8 Å². The van der Waals surface area contributed by atoms with E-state index in [1.807, 2.05) is 30.3 Å². The van der Waals surface area contributed by atoms with Crippen LogP contribution in [0.1, 0.15) is 20.7 Å². The zero-order chi connectivity index (χ0) is 20.1. The Hall–Kier alpha value is -3.98. The van der Waals surface area contributed by atoms with Crippen LogP contribution in [0, 0.1) is 10.1 Å². The van der Waals surface area contributed by atoms with Gasteiger partial charge in [-0.15, -0.1) is 10.2 Å². The Morgan fingerprint density at radius 3 is 2.31 bits per heavy atom. The molecule has 1 aliphatic rings. The van der Waals surface area contributed by atoms with Crippen LogP contribution in [0.15, 0.2) is 60.7 Å². The molecule has 0 N–H and O–H groups in total. The number of aromatic nitrogens is 2. The summed E-state index contributed by atoms with van der Waals surface area (Å²) in [4.78, 5) is 38.0. The van der Waals surface area contributed by atoms with Crippen LogP contribution >= 0.6 is 11.3 Å². The van der Waals surface area contributed by atoms with Crippen molar-refractivity contribution in [1.82, 2.24) is 10.2 Å². The van der Waals surface area contributed by atoms with Crippen molar-refractivity contribution in [3.8, 4) is 10.6 Å². The molecule has 4 aromatic rings. The van der Waals surface area contributed by atoms with Gasteiger partial charge in [-0.3, -0.25) is 19.7 Å². The summed E-state index contributed by atoms with van der Waals surface area (Å²) in [7, 11) is 0. The van der Waals surface area contributed by atoms with Gasteiger partial charge in [0.05, 0.1) is 10.3 Å². The molecule has 0 fully saturated rings. The first-order valence-electron chi connectivity index (χ1n) is 8.54. The molecule has 0 atom stereocenters. The molecule has 1 aliphatic heterocycles. The first-order valence-corrected chi connectivity index (χ1v) is 9.36. The number of imide groups is 1. The predicted octanol–water partition coefficient (Wildman–Crippen LogP) is 4.07. The van der Waals surface area contributed by atoms with Gasteiger partial charge in [0, 0.05) is 28.1 Å². The summed E-state index contributed by atoms with van der Waals surface area (Å²) in [5, 5.41) is 20.8. The molecule has 2 heterocycles. The highest BCUT2D eigenvalue weighted by Crippen LogP contribution is 2.38. The second-order valence-electron chi connectivity index (χ2n) is 6.32. The molecule has 0 saturated carbocycles. The minimum Gasteiger partial charge on any atom is -0.268 e. The smallest absolute Gasteiger partial charge is 0.268 e. The number of nitrogens with zero attached hydrogens (tertiary/aromatic N) is 4. The molecule has 0 radical (unpaired) electrons. The van der Waals surface area contributed by atoms with Gasteiger partial charge >= 0.3 is 0 Å². The van der Waals surface area contributed by atoms with Crippen LogP contribution in [-0.4, -0.2) is 26.9 Å². The molecule has 0 bridgehead atoms. The van der Waals surface area contributed by atoms with Crippen molar-refractivity contribution < 1.29 is 14.5 Å². The summed E-state index contributed by atoms with van der Waals surface area (Å²) < 4.78 is 0. The Morgan fingerprint density at radius 2 is 1.59 bits per heavy atom. The van der Waals surface area contributed by atoms with Gasteiger partial charge in [-0.2, -0.15) is 0 Å². The normalized spacial score (nSPS) is 13.2. The summed E-state index contributed by atoms with van der Waals surface area (Å²) in [5.74, 6) is -1.16. The third-order valence-electron chi connectivity index (χ3n) is 4.71. The van der Waals surface area contributed by atoms with Gasteiger partial charge in [0.1, 0.15) is 5.01 Å². The first-order chi connectivity index (χ1) is 14.1. The van der Waals surface area contributed by atoms with Crippen molar-refractivity contribution in [1.29, 1.82) is 0 Å². The molecular formula is C20H10N4O4S. The van der Waals surface area contributed by atoms with Crippen molar-refractivity contribution in [3.05, 3.63) is 81.9 Å². The predicted molar refractivity (Wildman–Crippen MR) is 107 cm³/mol. The Balaban J connectivity index is 1.66. The summed E-state index contributed by atoms with van der Waals surface area (Å²) in [6.45, 7) is 0. The van der Waals surface area contributed by atoms with Crippen LogP contribution < -0.4 is 4.90 Å². The number of hydrogen-bond acceptors (Lipinski definition) is 7. The van der Waals surface area contributed by atoms with E-state index in [0.29, 0.717) is 10.4 Å². The van der Waals surface area contributed by atoms with Crippen molar-refractivity contribution in [2.24, 2.45) is 0 Å². The lowest BCUT2D eigenvalue weighted by Crippen LogP contribution is -2.40. The van der Waals surface area contributed by atoms with Gasteiger partial charge in [0.2, 0.25) is 5.13 Å². The van der Waals surface area contributed by atoms with E-state index in [0.717, 1.165) is 21.8 Å². The van der Waals surface area contributed by atoms with Gasteiger partial charge in [0.15, 0.2) is 0 Å². The van der Waals surface area contributed by atoms with Gasteiger partial charge in [-0.05, 0) is 18.2 Å². The largest absolute Gasteiger partial charge is 0.277 e. The van der Waals surface area contributed by atoms with E-state index in [2.05, 4.69) is 10.2 Å². The third-order valence-corrected chi connectivity index (χ3v) is 5.67. The number of benzene rings is 3. The molecule has 2 amide bonds. The Morgan fingerprint density at radius 1 is 0.862 bits per heavy atom. The average molecular weight is 402 g/mol. The number of rotatable bonds is 3. The van der Waals surface area contributed by atoms with E-state index < -0.39 is 16.7 Å². The summed E-state index contributed by atoms with van der Waals surface area (Å²) in [6.07, 6.45) is 0. The molecule has 0 unspecified atom stereocenters. The molecule has 140 valence electrons. The quantitative estimate of drug-likeness (QED) is 0.290. The fraction of sp³-hybridized carbons (Fsp3) is 0. The zero-order valence-electron chi connectivity index (χ0n) is 14.6. The van der Waals surface area contributed by atoms with Crippen LogP contribution in [0.25, 0.3) is 21.3 Å². The number of carbonyl (C=O) groups excluding carboxylic acids is 2. The number of hydrogen-bond donors (Lipinski definition) is 0. The van der Waals surface area contributed by atoms with E-state index in [9.17, 15) is 19.7 Å². The van der Waals surface area contributed by atoms with Crippen LogP contribution in [0.3, 0.4) is 0 Å². The van der Waals surface area contributed by atoms with Gasteiger partial charge in [-0.25, -0.2) is 4.90 Å². The number of non-ortho nitro benzene ring substituents is 1. The lowest BCUT2D eigenvalue weighted by Gasteiger charge is -2.24. The summed E-state index contributed by atoms with van der Waals surface area (Å²) in [6, 6.07) is 16.6. The minimum atomic E-state index is -0.579. The lowest BCUT2D eigenvalue weighted by atomic mass is 9.93. The standard InChI is InChI=1S/C20H10N4O4S/c25-18-13-8-4-7-12-15(24(27)28)10-9-14(16(12)13)19(26)23(18)20-22-21-17(29-20)11-5-2-1-3-6-11/h1-10H. The molecule has 0 spiro atoms. The molecule has 5 rings (SSSR count). The maximum absolute atomic E-state index is 13.1. The maximum Gasteiger partial charge on any atom is 0.277 e. The van der Waals surface area contributed by atoms with Gasteiger partial charge in [0.25, 0.3) is 17.5 Å². The number of anilines is 1. The minimum absolute atomic E-state index is 0.151. The number of amides is 2. The van der Waals surface area contributed by atoms with Crippen LogP contribution in [0.5, 0.6) is 0 Å². The molecule has 29 heavy (non-hydrogen) atoms. The van der Waals surface area contributed by atoms with E-state index in [1.165, 1.54) is 18.2 Å². The Kier molecular flexibility index (Phi) is 3.71. The Bertz CT molecular complexity index is 1310. The van der Waals surface area contributed by atoms with Crippen molar-refractivity contribution in [3.63, 3.8) is 0 Å². The van der Waals surface area contributed by atoms with E-state index in [1.54, 1.807) is 12.1 Å². The first kappa shape index (κ1) is 17.1. The third kappa shape index (κ3) is 2.52. The van der Waals surface area contributed by atoms with Crippen molar-refractivity contribution in [2.45, 2.75) is 0 Å². The second-order valence-corrected chi connectivity index (χ2v) is 7.27. The highest BCUT2D eigenvalue weighted by atomic mass is 32.1. The Labute approximate surface area is 167 Å². The van der Waals surface area contributed by atoms with Crippen LogP contribution in [0.2, 0.25) is 0 Å². The molecule has 0 saturated heterocycles. The fourth-order valence-electron chi connectivity index (χ4n) is 3.42. The number of carbonyl (C=O) groups is 2. The maximum atomic E-state index is 13.1. The highest BCUT2D eigenvalue weighted by molar-refractivity contribution is 7.18. The molecule has 1 aromatic heterocycles. The van der Waals surface area contributed by atoms with Crippen LogP contribution in [-0.2, 0) is 0 Å². The number of nitro benzene ring substituents is 1. The molecule has 8 nitrogen and oxygen atoms in total. The topological polar surface area (TPSA) is 106 Å². The lowest BCUT2D eigenvalue weighted by molar-refractivity contribution is -0.383. The molecule has 9 heteroatoms. The van der Waals surface area contributed by atoms with Gasteiger partial charge in [-0.1, -0.05) is 47.7 Å². The number of nitro groups is 1. The SMILES string of the molecule is O=C1c2cccc3c([N+](=O)[O-])ccc(c23)C(=O)N1c1nnc(-c2ccccc2)s1. The van der Waals surface area contributed by atoms with Gasteiger partial charge < -0.3 is 0 Å². The summed E-state index contributed by atoms with van der Waals surface area (Å²) >= 11 is 1.13. The second kappa shape index (κ2) is 6.28. The monoisotopic (exact) mass is 402 g/mol. The van der Waals surface area contributed by atoms with E-state index in [-0.39, 0.29) is 27.3 Å². The molecular weight excluding hydrogens is 392 g/mol. The molecule has 0 aliphatic carbocycles. The van der Waals surface area contributed by atoms with Crippen molar-refractivity contribution >= 4 is 44.7 Å². The highest BCUT2D eigenvalue weighted by Gasteiger charge is 2.37. The summed E-state index contributed by atoms with van der Waals surface area (Å²) in [5.41, 5.74) is 1.11. The van der Waals surface area contributed by atoms with E-state index in [4.69, 9.17) is 0 Å². The van der Waals surface area contributed by atoms with E-state index >= 15 is 0 Å². The van der Waals surface area contributed by atoms with Crippen molar-refractivity contribution in [2.75, 3.05) is 4.90 Å². The average Bonchev–Trinajstić information content (AvgIpc) is 3.22. The zero-order valence-corrected chi connectivity index (χ0v) is 15.4. The fourth-order valence-corrected chi connectivity index (χ4v) is 4.26.